The molecule has 3 aromatic carbocycles. The zero-order valence-corrected chi connectivity index (χ0v) is 20.6. The number of benzene rings is 3. The maximum Gasteiger partial charge on any atom is 0.294 e. The molecule has 184 valence electrons. The molecule has 0 radical (unpaired) electrons. The smallest absolute Gasteiger partial charge is 0.294 e. The zero-order chi connectivity index (χ0) is 25.7. The van der Waals surface area contributed by atoms with Gasteiger partial charge in [-0.2, -0.15) is 0 Å². The highest BCUT2D eigenvalue weighted by Crippen LogP contribution is 2.35. The van der Waals surface area contributed by atoms with E-state index in [1.807, 2.05) is 18.2 Å². The number of nitrogens with zero attached hydrogens (tertiary/aromatic N) is 1. The standard InChI is InChI=1S/C26H20ClFN2O5S/c1-34-22-11-16(9-10-21(22)35-15-17-5-2-3-8-20(17)27)12-23-25(32)30(26(33)36-23)14-24(31)29-19-7-4-6-18(28)13-19/h2-13H,14-15H2,1H3,(H,29,31)/b23-12+. The Kier molecular flexibility index (Phi) is 7.92. The number of thioether (sulfide) groups is 1. The summed E-state index contributed by atoms with van der Waals surface area (Å²) in [5.41, 5.74) is 1.65. The third-order valence-electron chi connectivity index (χ3n) is 5.11. The second kappa shape index (κ2) is 11.3. The van der Waals surface area contributed by atoms with E-state index in [0.717, 1.165) is 28.3 Å². The van der Waals surface area contributed by atoms with Gasteiger partial charge in [-0.3, -0.25) is 19.3 Å². The number of rotatable bonds is 8. The van der Waals surface area contributed by atoms with Crippen LogP contribution in [0.3, 0.4) is 0 Å². The molecule has 1 aliphatic rings. The molecule has 0 saturated carbocycles. The topological polar surface area (TPSA) is 84.9 Å². The number of hydrogen-bond donors (Lipinski definition) is 1. The molecule has 1 N–H and O–H groups in total. The molecule has 1 fully saturated rings. The quantitative estimate of drug-likeness (QED) is 0.377. The molecule has 1 aliphatic heterocycles. The lowest BCUT2D eigenvalue weighted by atomic mass is 10.1. The summed E-state index contributed by atoms with van der Waals surface area (Å²) in [6, 6.07) is 17.7. The summed E-state index contributed by atoms with van der Waals surface area (Å²) in [6.45, 7) is -0.247. The molecular weight excluding hydrogens is 507 g/mol. The summed E-state index contributed by atoms with van der Waals surface area (Å²) >= 11 is 6.90. The maximum atomic E-state index is 13.3. The minimum atomic E-state index is -0.620. The van der Waals surface area contributed by atoms with Crippen LogP contribution in [0.25, 0.3) is 6.08 Å². The van der Waals surface area contributed by atoms with Gasteiger partial charge >= 0.3 is 0 Å². The van der Waals surface area contributed by atoms with Crippen LogP contribution in [0.5, 0.6) is 11.5 Å². The van der Waals surface area contributed by atoms with Gasteiger partial charge in [0.15, 0.2) is 11.5 Å². The van der Waals surface area contributed by atoms with Crippen LogP contribution in [-0.4, -0.2) is 35.6 Å². The summed E-state index contributed by atoms with van der Waals surface area (Å²) < 4.78 is 24.6. The average molecular weight is 527 g/mol. The Morgan fingerprint density at radius 3 is 2.64 bits per heavy atom. The van der Waals surface area contributed by atoms with E-state index in [1.165, 1.54) is 31.4 Å². The zero-order valence-electron chi connectivity index (χ0n) is 19.0. The number of carbonyl (C=O) groups is 3. The van der Waals surface area contributed by atoms with Crippen molar-refractivity contribution in [3.8, 4) is 11.5 Å². The van der Waals surface area contributed by atoms with Crippen molar-refractivity contribution in [2.75, 3.05) is 19.0 Å². The van der Waals surface area contributed by atoms with Crippen LogP contribution in [0.4, 0.5) is 14.9 Å². The van der Waals surface area contributed by atoms with Gasteiger partial charge in [-0.15, -0.1) is 0 Å². The highest BCUT2D eigenvalue weighted by molar-refractivity contribution is 8.18. The van der Waals surface area contributed by atoms with Crippen molar-refractivity contribution in [3.63, 3.8) is 0 Å². The van der Waals surface area contributed by atoms with Gasteiger partial charge in [-0.1, -0.05) is 41.9 Å². The number of anilines is 1. The Morgan fingerprint density at radius 1 is 1.08 bits per heavy atom. The first-order chi connectivity index (χ1) is 17.3. The number of halogens is 2. The highest BCUT2D eigenvalue weighted by atomic mass is 35.5. The van der Waals surface area contributed by atoms with Crippen molar-refractivity contribution in [3.05, 3.63) is 93.6 Å². The summed E-state index contributed by atoms with van der Waals surface area (Å²) in [5, 5.41) is 2.49. The van der Waals surface area contributed by atoms with Crippen molar-refractivity contribution in [2.45, 2.75) is 6.61 Å². The van der Waals surface area contributed by atoms with Crippen molar-refractivity contribution in [1.29, 1.82) is 0 Å². The lowest BCUT2D eigenvalue weighted by molar-refractivity contribution is -0.127. The molecule has 0 unspecified atom stereocenters. The Balaban J connectivity index is 1.43. The van der Waals surface area contributed by atoms with Crippen LogP contribution in [0, 0.1) is 5.82 Å². The third-order valence-corrected chi connectivity index (χ3v) is 6.39. The Labute approximate surface area is 215 Å². The summed E-state index contributed by atoms with van der Waals surface area (Å²) in [7, 11) is 1.49. The van der Waals surface area contributed by atoms with E-state index in [0.29, 0.717) is 22.1 Å². The fourth-order valence-corrected chi connectivity index (χ4v) is 4.39. The van der Waals surface area contributed by atoms with Gasteiger partial charge in [0.1, 0.15) is 19.0 Å². The molecule has 4 rings (SSSR count). The minimum Gasteiger partial charge on any atom is -0.493 e. The van der Waals surface area contributed by atoms with Crippen LogP contribution < -0.4 is 14.8 Å². The molecule has 0 spiro atoms. The first-order valence-corrected chi connectivity index (χ1v) is 11.9. The van der Waals surface area contributed by atoms with Crippen LogP contribution in [0.2, 0.25) is 5.02 Å². The second-order valence-electron chi connectivity index (χ2n) is 7.62. The number of methoxy groups -OCH3 is 1. The molecule has 3 aromatic rings. The fourth-order valence-electron chi connectivity index (χ4n) is 3.36. The highest BCUT2D eigenvalue weighted by Gasteiger charge is 2.36. The largest absolute Gasteiger partial charge is 0.493 e. The number of carbonyl (C=O) groups excluding carboxylic acids is 3. The lowest BCUT2D eigenvalue weighted by Gasteiger charge is -2.13. The monoisotopic (exact) mass is 526 g/mol. The van der Waals surface area contributed by atoms with Crippen LogP contribution in [0.15, 0.2) is 71.6 Å². The molecule has 0 bridgehead atoms. The third kappa shape index (κ3) is 6.05. The van der Waals surface area contributed by atoms with E-state index in [9.17, 15) is 18.8 Å². The number of imide groups is 1. The lowest BCUT2D eigenvalue weighted by Crippen LogP contribution is -2.36. The van der Waals surface area contributed by atoms with Gasteiger partial charge in [0, 0.05) is 16.3 Å². The normalized spacial score (nSPS) is 14.3. The molecule has 1 heterocycles. The summed E-state index contributed by atoms with van der Waals surface area (Å²) in [6.07, 6.45) is 1.54. The summed E-state index contributed by atoms with van der Waals surface area (Å²) in [5.74, 6) is -0.818. The number of amides is 3. The first-order valence-electron chi connectivity index (χ1n) is 10.7. The predicted octanol–water partition coefficient (Wildman–Crippen LogP) is 5.74. The van der Waals surface area contributed by atoms with Gasteiger partial charge < -0.3 is 14.8 Å². The number of nitrogens with one attached hydrogen (secondary N) is 1. The maximum absolute atomic E-state index is 13.3. The number of hydrogen-bond acceptors (Lipinski definition) is 6. The second-order valence-corrected chi connectivity index (χ2v) is 9.02. The molecule has 0 aliphatic carbocycles. The molecule has 0 atom stereocenters. The van der Waals surface area contributed by atoms with Crippen molar-refractivity contribution < 1.29 is 28.2 Å². The minimum absolute atomic E-state index is 0.158. The first kappa shape index (κ1) is 25.3. The van der Waals surface area contributed by atoms with Gasteiger partial charge in [0.2, 0.25) is 5.91 Å². The predicted molar refractivity (Wildman–Crippen MR) is 136 cm³/mol. The fraction of sp³-hybridized carbons (Fsp3) is 0.115. The Morgan fingerprint density at radius 2 is 1.89 bits per heavy atom. The summed E-state index contributed by atoms with van der Waals surface area (Å²) in [4.78, 5) is 38.5. The van der Waals surface area contributed by atoms with E-state index >= 15 is 0 Å². The molecule has 0 aromatic heterocycles. The van der Waals surface area contributed by atoms with E-state index in [4.69, 9.17) is 21.1 Å². The molecule has 10 heteroatoms. The van der Waals surface area contributed by atoms with Crippen molar-refractivity contribution >= 4 is 52.2 Å². The van der Waals surface area contributed by atoms with Gasteiger partial charge in [-0.05, 0) is 59.8 Å². The number of ether oxygens (including phenoxy) is 2. The Bertz CT molecular complexity index is 1360. The van der Waals surface area contributed by atoms with Crippen molar-refractivity contribution in [2.24, 2.45) is 0 Å². The molecule has 7 nitrogen and oxygen atoms in total. The molecule has 36 heavy (non-hydrogen) atoms. The van der Waals surface area contributed by atoms with E-state index in [2.05, 4.69) is 5.32 Å². The van der Waals surface area contributed by atoms with Crippen LogP contribution in [0.1, 0.15) is 11.1 Å². The van der Waals surface area contributed by atoms with E-state index < -0.39 is 29.4 Å². The van der Waals surface area contributed by atoms with E-state index in [1.54, 1.807) is 24.3 Å². The van der Waals surface area contributed by atoms with Crippen molar-refractivity contribution in [1.82, 2.24) is 4.90 Å². The van der Waals surface area contributed by atoms with E-state index in [-0.39, 0.29) is 17.2 Å². The molecule has 1 saturated heterocycles. The van der Waals surface area contributed by atoms with Crippen LogP contribution >= 0.6 is 23.4 Å². The van der Waals surface area contributed by atoms with Gasteiger partial charge in [0.05, 0.1) is 12.0 Å². The van der Waals surface area contributed by atoms with Gasteiger partial charge in [-0.25, -0.2) is 4.39 Å². The molecular formula is C26H20ClFN2O5S. The van der Waals surface area contributed by atoms with Crippen LogP contribution in [-0.2, 0) is 16.2 Å². The molecule has 3 amide bonds. The van der Waals surface area contributed by atoms with Gasteiger partial charge in [0.25, 0.3) is 11.1 Å². The SMILES string of the molecule is COc1cc(/C=C2/SC(=O)N(CC(=O)Nc3cccc(F)c3)C2=O)ccc1OCc1ccccc1Cl. The Hall–Kier alpha value is -3.82. The average Bonchev–Trinajstić information content (AvgIpc) is 3.11.